The Kier molecular flexibility index (Phi) is 4.99. The molecule has 1 rings (SSSR count). The molecule has 0 fully saturated rings. The molecule has 0 aromatic heterocycles. The number of aliphatic hydroxyl groups is 1. The van der Waals surface area contributed by atoms with Crippen LogP contribution in [0.3, 0.4) is 0 Å². The second-order valence-corrected chi connectivity index (χ2v) is 3.97. The standard InChI is InChI=1S/C13H20N2O/c1-4-13(10-16)15(3)14-9-12-7-5-11(2)6-8-12/h5-9,13,16H,4,10H2,1-3H3/b14-9+/t13-/m1/s1. The lowest BCUT2D eigenvalue weighted by molar-refractivity contribution is 0.148. The van der Waals surface area contributed by atoms with E-state index in [0.29, 0.717) is 0 Å². The lowest BCUT2D eigenvalue weighted by Gasteiger charge is -2.21. The zero-order valence-corrected chi connectivity index (χ0v) is 10.2. The number of likely N-dealkylation sites (N-methyl/N-ethyl adjacent to an activating group) is 1. The fourth-order valence-corrected chi connectivity index (χ4v) is 1.42. The SMILES string of the molecule is CC[C@H](CO)N(C)/N=C/c1ccc(C)cc1. The van der Waals surface area contributed by atoms with Gasteiger partial charge >= 0.3 is 0 Å². The molecule has 1 aromatic carbocycles. The van der Waals surface area contributed by atoms with Gasteiger partial charge in [-0.05, 0) is 18.9 Å². The van der Waals surface area contributed by atoms with Crippen LogP contribution in [0.2, 0.25) is 0 Å². The van der Waals surface area contributed by atoms with Crippen molar-refractivity contribution in [2.24, 2.45) is 5.10 Å². The zero-order valence-electron chi connectivity index (χ0n) is 10.2. The van der Waals surface area contributed by atoms with Crippen molar-refractivity contribution in [3.63, 3.8) is 0 Å². The quantitative estimate of drug-likeness (QED) is 0.609. The molecule has 0 aliphatic rings. The molecule has 0 saturated heterocycles. The minimum absolute atomic E-state index is 0.0988. The molecule has 0 heterocycles. The minimum atomic E-state index is 0.0988. The molecule has 3 nitrogen and oxygen atoms in total. The van der Waals surface area contributed by atoms with Crippen molar-refractivity contribution in [2.45, 2.75) is 26.3 Å². The van der Waals surface area contributed by atoms with Crippen molar-refractivity contribution in [1.29, 1.82) is 0 Å². The van der Waals surface area contributed by atoms with Gasteiger partial charge in [-0.25, -0.2) is 0 Å². The van der Waals surface area contributed by atoms with E-state index in [1.54, 1.807) is 5.01 Å². The molecule has 0 amide bonds. The highest BCUT2D eigenvalue weighted by Gasteiger charge is 2.07. The maximum atomic E-state index is 9.11. The Bertz CT molecular complexity index is 328. The van der Waals surface area contributed by atoms with E-state index in [2.05, 4.69) is 24.2 Å². The van der Waals surface area contributed by atoms with E-state index in [4.69, 9.17) is 5.11 Å². The van der Waals surface area contributed by atoms with Crippen molar-refractivity contribution in [3.05, 3.63) is 35.4 Å². The smallest absolute Gasteiger partial charge is 0.0695 e. The van der Waals surface area contributed by atoms with Gasteiger partial charge in [-0.2, -0.15) is 5.10 Å². The normalized spacial score (nSPS) is 13.0. The number of nitrogens with zero attached hydrogens (tertiary/aromatic N) is 2. The third kappa shape index (κ3) is 3.66. The Balaban J connectivity index is 2.62. The molecular formula is C13H20N2O. The van der Waals surface area contributed by atoms with E-state index in [1.165, 1.54) is 5.56 Å². The molecule has 0 aliphatic carbocycles. The lowest BCUT2D eigenvalue weighted by atomic mass is 10.2. The summed E-state index contributed by atoms with van der Waals surface area (Å²) in [5, 5.41) is 15.2. The zero-order chi connectivity index (χ0) is 12.0. The van der Waals surface area contributed by atoms with Crippen LogP contribution < -0.4 is 0 Å². The molecule has 0 unspecified atom stereocenters. The van der Waals surface area contributed by atoms with Gasteiger partial charge in [-0.1, -0.05) is 36.8 Å². The molecule has 3 heteroatoms. The fraction of sp³-hybridized carbons (Fsp3) is 0.462. The number of benzene rings is 1. The van der Waals surface area contributed by atoms with Gasteiger partial charge < -0.3 is 5.11 Å². The number of aliphatic hydroxyl groups excluding tert-OH is 1. The van der Waals surface area contributed by atoms with Crippen molar-refractivity contribution < 1.29 is 5.11 Å². The van der Waals surface area contributed by atoms with Gasteiger partial charge in [-0.15, -0.1) is 0 Å². The van der Waals surface area contributed by atoms with Crippen molar-refractivity contribution in [3.8, 4) is 0 Å². The maximum absolute atomic E-state index is 9.11. The third-order valence-electron chi connectivity index (χ3n) is 2.68. The Labute approximate surface area is 97.4 Å². The maximum Gasteiger partial charge on any atom is 0.0695 e. The van der Waals surface area contributed by atoms with E-state index < -0.39 is 0 Å². The Hall–Kier alpha value is -1.35. The lowest BCUT2D eigenvalue weighted by Crippen LogP contribution is -2.29. The van der Waals surface area contributed by atoms with Crippen LogP contribution in [0.5, 0.6) is 0 Å². The monoisotopic (exact) mass is 220 g/mol. The first-order chi connectivity index (χ1) is 7.67. The highest BCUT2D eigenvalue weighted by atomic mass is 16.3. The van der Waals surface area contributed by atoms with Crippen molar-refractivity contribution >= 4 is 6.21 Å². The largest absolute Gasteiger partial charge is 0.394 e. The average molecular weight is 220 g/mol. The van der Waals surface area contributed by atoms with Gasteiger partial charge in [0.15, 0.2) is 0 Å². The number of rotatable bonds is 5. The van der Waals surface area contributed by atoms with E-state index in [0.717, 1.165) is 12.0 Å². The molecule has 0 saturated carbocycles. The Morgan fingerprint density at radius 1 is 1.38 bits per heavy atom. The molecule has 1 atom stereocenters. The van der Waals surface area contributed by atoms with Crippen LogP contribution in [0, 0.1) is 6.92 Å². The molecule has 16 heavy (non-hydrogen) atoms. The first kappa shape index (κ1) is 12.7. The first-order valence-electron chi connectivity index (χ1n) is 5.61. The molecule has 1 N–H and O–H groups in total. The van der Waals surface area contributed by atoms with E-state index in [1.807, 2.05) is 32.3 Å². The second-order valence-electron chi connectivity index (χ2n) is 3.97. The van der Waals surface area contributed by atoms with Gasteiger partial charge in [0.25, 0.3) is 0 Å². The molecular weight excluding hydrogens is 200 g/mol. The third-order valence-corrected chi connectivity index (χ3v) is 2.68. The highest BCUT2D eigenvalue weighted by molar-refractivity contribution is 5.79. The summed E-state index contributed by atoms with van der Waals surface area (Å²) >= 11 is 0. The molecule has 0 bridgehead atoms. The van der Waals surface area contributed by atoms with E-state index >= 15 is 0 Å². The van der Waals surface area contributed by atoms with E-state index in [-0.39, 0.29) is 12.6 Å². The summed E-state index contributed by atoms with van der Waals surface area (Å²) in [6.45, 7) is 4.24. The predicted octanol–water partition coefficient (Wildman–Crippen LogP) is 2.03. The summed E-state index contributed by atoms with van der Waals surface area (Å²) in [5.41, 5.74) is 2.32. The second kappa shape index (κ2) is 6.28. The van der Waals surface area contributed by atoms with Crippen LogP contribution in [0.4, 0.5) is 0 Å². The topological polar surface area (TPSA) is 35.8 Å². The first-order valence-corrected chi connectivity index (χ1v) is 5.61. The highest BCUT2D eigenvalue weighted by Crippen LogP contribution is 2.03. The average Bonchev–Trinajstić information content (AvgIpc) is 2.30. The van der Waals surface area contributed by atoms with Gasteiger partial charge in [0.05, 0.1) is 18.9 Å². The minimum Gasteiger partial charge on any atom is -0.394 e. The molecule has 0 spiro atoms. The predicted molar refractivity (Wildman–Crippen MR) is 67.7 cm³/mol. The summed E-state index contributed by atoms with van der Waals surface area (Å²) in [4.78, 5) is 0. The van der Waals surface area contributed by atoms with Gasteiger partial charge in [-0.3, -0.25) is 5.01 Å². The summed E-state index contributed by atoms with van der Waals surface area (Å²) in [5.74, 6) is 0. The molecule has 0 aliphatic heterocycles. The molecule has 0 radical (unpaired) electrons. The van der Waals surface area contributed by atoms with Crippen molar-refractivity contribution in [1.82, 2.24) is 5.01 Å². The van der Waals surface area contributed by atoms with Gasteiger partial charge in [0, 0.05) is 7.05 Å². The van der Waals surface area contributed by atoms with Gasteiger partial charge in [0.1, 0.15) is 0 Å². The van der Waals surface area contributed by atoms with Crippen LogP contribution in [0.25, 0.3) is 0 Å². The van der Waals surface area contributed by atoms with Crippen molar-refractivity contribution in [2.75, 3.05) is 13.7 Å². The molecule has 88 valence electrons. The summed E-state index contributed by atoms with van der Waals surface area (Å²) in [7, 11) is 1.88. The Morgan fingerprint density at radius 2 is 2.00 bits per heavy atom. The van der Waals surface area contributed by atoms with Crippen LogP contribution in [0.1, 0.15) is 24.5 Å². The van der Waals surface area contributed by atoms with Crippen LogP contribution >= 0.6 is 0 Å². The Morgan fingerprint density at radius 3 is 2.50 bits per heavy atom. The number of aryl methyl sites for hydroxylation is 1. The van der Waals surface area contributed by atoms with Crippen LogP contribution in [-0.4, -0.2) is 36.0 Å². The van der Waals surface area contributed by atoms with Crippen LogP contribution in [-0.2, 0) is 0 Å². The fourth-order valence-electron chi connectivity index (χ4n) is 1.42. The summed E-state index contributed by atoms with van der Waals surface area (Å²) < 4.78 is 0. The summed E-state index contributed by atoms with van der Waals surface area (Å²) in [6, 6.07) is 8.29. The number of hydrogen-bond donors (Lipinski definition) is 1. The van der Waals surface area contributed by atoms with Gasteiger partial charge in [0.2, 0.25) is 0 Å². The van der Waals surface area contributed by atoms with E-state index in [9.17, 15) is 0 Å². The number of hydrogen-bond acceptors (Lipinski definition) is 3. The number of hydrazone groups is 1. The van der Waals surface area contributed by atoms with Crippen LogP contribution in [0.15, 0.2) is 29.4 Å². The summed E-state index contributed by atoms with van der Waals surface area (Å²) in [6.07, 6.45) is 2.70. The molecule has 1 aromatic rings.